The lowest BCUT2D eigenvalue weighted by molar-refractivity contribution is -0.385. The van der Waals surface area contributed by atoms with Gasteiger partial charge in [-0.05, 0) is 50.8 Å². The van der Waals surface area contributed by atoms with Gasteiger partial charge in [-0.1, -0.05) is 0 Å². The lowest BCUT2D eigenvalue weighted by Crippen LogP contribution is -2.15. The molecule has 1 N–H and O–H groups in total. The molecule has 136 valence electrons. The predicted octanol–water partition coefficient (Wildman–Crippen LogP) is 3.88. The summed E-state index contributed by atoms with van der Waals surface area (Å²) in [7, 11) is 0. The molecule has 1 heterocycles. The van der Waals surface area contributed by atoms with Crippen LogP contribution in [0.1, 0.15) is 50.1 Å². The molecule has 26 heavy (non-hydrogen) atoms. The van der Waals surface area contributed by atoms with Crippen molar-refractivity contribution in [3.8, 4) is 0 Å². The van der Waals surface area contributed by atoms with Crippen molar-refractivity contribution in [3.05, 3.63) is 55.4 Å². The third kappa shape index (κ3) is 3.32. The molecule has 0 atom stereocenters. The van der Waals surface area contributed by atoms with Crippen molar-refractivity contribution < 1.29 is 19.2 Å². The van der Waals surface area contributed by atoms with E-state index in [1.807, 2.05) is 0 Å². The van der Waals surface area contributed by atoms with E-state index in [1.165, 1.54) is 29.5 Å². The molecule has 7 nitrogen and oxygen atoms in total. The van der Waals surface area contributed by atoms with E-state index >= 15 is 0 Å². The monoisotopic (exact) mass is 374 g/mol. The van der Waals surface area contributed by atoms with Crippen LogP contribution in [0.15, 0.2) is 18.2 Å². The predicted molar refractivity (Wildman–Crippen MR) is 98.1 cm³/mol. The van der Waals surface area contributed by atoms with Crippen LogP contribution in [-0.2, 0) is 17.6 Å². The number of carbonyl (C=O) groups excluding carboxylic acids is 2. The summed E-state index contributed by atoms with van der Waals surface area (Å²) in [6.07, 6.45) is 2.68. The molecule has 1 aromatic heterocycles. The Bertz CT molecular complexity index is 903. The molecule has 0 fully saturated rings. The van der Waals surface area contributed by atoms with Gasteiger partial charge >= 0.3 is 5.97 Å². The highest BCUT2D eigenvalue weighted by molar-refractivity contribution is 7.17. The molecule has 0 unspecified atom stereocenters. The minimum absolute atomic E-state index is 0.0381. The van der Waals surface area contributed by atoms with E-state index in [-0.39, 0.29) is 12.3 Å². The van der Waals surface area contributed by atoms with Gasteiger partial charge in [-0.25, -0.2) is 4.79 Å². The summed E-state index contributed by atoms with van der Waals surface area (Å²) in [6, 6.07) is 4.19. The van der Waals surface area contributed by atoms with Crippen LogP contribution in [0.2, 0.25) is 0 Å². The molecule has 0 spiro atoms. The maximum Gasteiger partial charge on any atom is 0.341 e. The number of nitro benzene ring substituents is 1. The summed E-state index contributed by atoms with van der Waals surface area (Å²) in [4.78, 5) is 36.4. The highest BCUT2D eigenvalue weighted by Gasteiger charge is 2.28. The fraction of sp³-hybridized carbons (Fsp3) is 0.333. The average molecular weight is 374 g/mol. The third-order valence-corrected chi connectivity index (χ3v) is 5.49. The zero-order valence-corrected chi connectivity index (χ0v) is 15.3. The van der Waals surface area contributed by atoms with Crippen molar-refractivity contribution >= 4 is 33.9 Å². The van der Waals surface area contributed by atoms with Gasteiger partial charge in [-0.15, -0.1) is 11.3 Å². The Morgan fingerprint density at radius 1 is 1.35 bits per heavy atom. The molecule has 0 radical (unpaired) electrons. The Balaban J connectivity index is 1.89. The van der Waals surface area contributed by atoms with Crippen LogP contribution >= 0.6 is 11.3 Å². The molecule has 0 saturated carbocycles. The Hall–Kier alpha value is -2.74. The first-order valence-electron chi connectivity index (χ1n) is 8.30. The molecule has 2 aromatic rings. The molecular weight excluding hydrogens is 356 g/mol. The number of ether oxygens (including phenoxy) is 1. The molecule has 1 aliphatic carbocycles. The number of nitrogens with one attached hydrogen (secondary N) is 1. The zero-order chi connectivity index (χ0) is 18.8. The van der Waals surface area contributed by atoms with Crippen molar-refractivity contribution in [2.24, 2.45) is 0 Å². The summed E-state index contributed by atoms with van der Waals surface area (Å²) in [5.41, 5.74) is 2.07. The van der Waals surface area contributed by atoms with Gasteiger partial charge in [0.05, 0.1) is 17.1 Å². The quantitative estimate of drug-likeness (QED) is 0.486. The van der Waals surface area contributed by atoms with Crippen LogP contribution in [0.4, 0.5) is 10.7 Å². The van der Waals surface area contributed by atoms with E-state index in [4.69, 9.17) is 4.74 Å². The number of fused-ring (bicyclic) bond motifs is 1. The maximum absolute atomic E-state index is 12.6. The second kappa shape index (κ2) is 7.25. The van der Waals surface area contributed by atoms with Crippen molar-refractivity contribution in [1.82, 2.24) is 0 Å². The van der Waals surface area contributed by atoms with Crippen LogP contribution in [0, 0.1) is 17.0 Å². The molecule has 1 aliphatic rings. The lowest BCUT2D eigenvalue weighted by atomic mass is 10.1. The topological polar surface area (TPSA) is 98.5 Å². The summed E-state index contributed by atoms with van der Waals surface area (Å²) in [5.74, 6) is -0.837. The summed E-state index contributed by atoms with van der Waals surface area (Å²) >= 11 is 1.40. The number of hydrogen-bond acceptors (Lipinski definition) is 6. The normalized spacial score (nSPS) is 12.5. The second-order valence-electron chi connectivity index (χ2n) is 5.99. The Morgan fingerprint density at radius 2 is 2.12 bits per heavy atom. The van der Waals surface area contributed by atoms with Crippen LogP contribution in [-0.4, -0.2) is 23.4 Å². The lowest BCUT2D eigenvalue weighted by Gasteiger charge is -2.08. The molecule has 3 rings (SSSR count). The molecule has 1 amide bonds. The number of amides is 1. The number of carbonyl (C=O) groups is 2. The summed E-state index contributed by atoms with van der Waals surface area (Å²) < 4.78 is 5.14. The number of hydrogen-bond donors (Lipinski definition) is 1. The molecule has 0 aliphatic heterocycles. The molecule has 8 heteroatoms. The second-order valence-corrected chi connectivity index (χ2v) is 7.10. The molecule has 0 saturated heterocycles. The minimum Gasteiger partial charge on any atom is -0.462 e. The first-order chi connectivity index (χ1) is 12.4. The number of nitrogens with zero attached hydrogens (tertiary/aromatic N) is 1. The van der Waals surface area contributed by atoms with Crippen molar-refractivity contribution in [2.75, 3.05) is 11.9 Å². The summed E-state index contributed by atoms with van der Waals surface area (Å²) in [6.45, 7) is 3.58. The Morgan fingerprint density at radius 3 is 2.77 bits per heavy atom. The molecule has 0 bridgehead atoms. The number of anilines is 1. The number of aryl methyl sites for hydroxylation is 2. The Kier molecular flexibility index (Phi) is 5.03. The van der Waals surface area contributed by atoms with Crippen molar-refractivity contribution in [2.45, 2.75) is 33.1 Å². The van der Waals surface area contributed by atoms with Gasteiger partial charge in [0.15, 0.2) is 0 Å². The smallest absolute Gasteiger partial charge is 0.341 e. The number of rotatable bonds is 5. The molecular formula is C18H18N2O5S. The summed E-state index contributed by atoms with van der Waals surface area (Å²) in [5, 5.41) is 14.2. The SMILES string of the molecule is CCOC(=O)c1c(NC(=O)c2ccc([N+](=O)[O-])c(C)c2)sc2c1CCC2. The Labute approximate surface area is 154 Å². The highest BCUT2D eigenvalue weighted by atomic mass is 32.1. The van der Waals surface area contributed by atoms with Gasteiger partial charge < -0.3 is 10.1 Å². The number of thiophene rings is 1. The standard InChI is InChI=1S/C18H18N2O5S/c1-3-25-18(22)15-12-5-4-6-14(12)26-17(15)19-16(21)11-7-8-13(20(23)24)10(2)9-11/h7-9H,3-6H2,1-2H3,(H,19,21). The maximum atomic E-state index is 12.6. The van der Waals surface area contributed by atoms with Gasteiger partial charge in [-0.3, -0.25) is 14.9 Å². The van der Waals surface area contributed by atoms with E-state index in [2.05, 4.69) is 5.32 Å². The number of esters is 1. The van der Waals surface area contributed by atoms with Gasteiger partial charge in [0.25, 0.3) is 11.6 Å². The van der Waals surface area contributed by atoms with Crippen LogP contribution in [0.3, 0.4) is 0 Å². The number of nitro groups is 1. The fourth-order valence-electron chi connectivity index (χ4n) is 3.09. The first-order valence-corrected chi connectivity index (χ1v) is 9.12. The largest absolute Gasteiger partial charge is 0.462 e. The van der Waals surface area contributed by atoms with E-state index in [0.29, 0.717) is 21.7 Å². The number of benzene rings is 1. The average Bonchev–Trinajstić information content (AvgIpc) is 3.14. The highest BCUT2D eigenvalue weighted by Crippen LogP contribution is 2.39. The van der Waals surface area contributed by atoms with E-state index < -0.39 is 16.8 Å². The fourth-order valence-corrected chi connectivity index (χ4v) is 4.36. The van der Waals surface area contributed by atoms with E-state index in [9.17, 15) is 19.7 Å². The van der Waals surface area contributed by atoms with Gasteiger partial charge in [0.2, 0.25) is 0 Å². The van der Waals surface area contributed by atoms with Crippen LogP contribution in [0.25, 0.3) is 0 Å². The molecule has 1 aromatic carbocycles. The van der Waals surface area contributed by atoms with E-state index in [1.54, 1.807) is 13.8 Å². The third-order valence-electron chi connectivity index (χ3n) is 4.28. The van der Waals surface area contributed by atoms with E-state index in [0.717, 1.165) is 29.7 Å². The van der Waals surface area contributed by atoms with Gasteiger partial charge in [-0.2, -0.15) is 0 Å². The van der Waals surface area contributed by atoms with Gasteiger partial charge in [0, 0.05) is 22.1 Å². The van der Waals surface area contributed by atoms with Crippen molar-refractivity contribution in [3.63, 3.8) is 0 Å². The first kappa shape index (κ1) is 18.1. The minimum atomic E-state index is -0.486. The zero-order valence-electron chi connectivity index (χ0n) is 14.5. The van der Waals surface area contributed by atoms with Gasteiger partial charge in [0.1, 0.15) is 5.00 Å². The van der Waals surface area contributed by atoms with Crippen LogP contribution < -0.4 is 5.32 Å². The van der Waals surface area contributed by atoms with Crippen LogP contribution in [0.5, 0.6) is 0 Å². The van der Waals surface area contributed by atoms with Crippen molar-refractivity contribution in [1.29, 1.82) is 0 Å².